The van der Waals surface area contributed by atoms with Crippen LogP contribution in [-0.4, -0.2) is 29.8 Å². The molecule has 1 saturated heterocycles. The Balaban J connectivity index is 1.54. The molecule has 2 heterocycles. The molecule has 0 spiro atoms. The lowest BCUT2D eigenvalue weighted by atomic mass is 9.80. The molecule has 9 heteroatoms. The highest BCUT2D eigenvalue weighted by molar-refractivity contribution is 6.42. The lowest BCUT2D eigenvalue weighted by molar-refractivity contribution is -0.240. The molecule has 4 aromatic rings. The minimum absolute atomic E-state index is 0.231. The predicted molar refractivity (Wildman–Crippen MR) is 144 cm³/mol. The number of methoxy groups -OCH3 is 1. The van der Waals surface area contributed by atoms with Gasteiger partial charge in [-0.3, -0.25) is 9.59 Å². The molecule has 196 valence electrons. The zero-order chi connectivity index (χ0) is 27.0. The molecule has 1 aliphatic heterocycles. The summed E-state index contributed by atoms with van der Waals surface area (Å²) >= 11 is 12.1. The van der Waals surface area contributed by atoms with Crippen LogP contribution in [0, 0.1) is 5.92 Å². The van der Waals surface area contributed by atoms with Crippen molar-refractivity contribution >= 4 is 46.0 Å². The molecular weight excluding hydrogens is 529 g/mol. The van der Waals surface area contributed by atoms with Gasteiger partial charge in [0, 0.05) is 36.9 Å². The molecule has 0 bridgehead atoms. The van der Waals surface area contributed by atoms with E-state index in [2.05, 4.69) is 4.98 Å². The molecule has 0 saturated carbocycles. The van der Waals surface area contributed by atoms with Gasteiger partial charge >= 0.3 is 11.9 Å². The number of esters is 2. The van der Waals surface area contributed by atoms with E-state index in [0.29, 0.717) is 27.1 Å². The third-order valence-electron chi connectivity index (χ3n) is 6.42. The summed E-state index contributed by atoms with van der Waals surface area (Å²) < 4.78 is 22.6. The van der Waals surface area contributed by atoms with Crippen LogP contribution in [-0.2, 0) is 25.7 Å². The molecule has 0 unspecified atom stereocenters. The van der Waals surface area contributed by atoms with Gasteiger partial charge in [-0.2, -0.15) is 0 Å². The molecule has 1 atom stereocenters. The number of para-hydroxylation sites is 1. The summed E-state index contributed by atoms with van der Waals surface area (Å²) in [5.74, 6) is -3.65. The van der Waals surface area contributed by atoms with Crippen molar-refractivity contribution in [1.29, 1.82) is 0 Å². The topological polar surface area (TPSA) is 86.9 Å². The Morgan fingerprint density at radius 2 is 1.68 bits per heavy atom. The highest BCUT2D eigenvalue weighted by Gasteiger charge is 2.48. The van der Waals surface area contributed by atoms with Crippen LogP contribution in [0.3, 0.4) is 0 Å². The molecule has 1 N–H and O–H groups in total. The maximum absolute atomic E-state index is 13.2. The first-order valence-corrected chi connectivity index (χ1v) is 12.7. The third-order valence-corrected chi connectivity index (χ3v) is 7.15. The van der Waals surface area contributed by atoms with Gasteiger partial charge in [-0.15, -0.1) is 0 Å². The Hall–Kier alpha value is -3.68. The number of nitrogens with one attached hydrogen (secondary N) is 1. The minimum Gasteiger partial charge on any atom is -0.493 e. The van der Waals surface area contributed by atoms with E-state index in [1.54, 1.807) is 36.5 Å². The molecule has 5 rings (SSSR count). The van der Waals surface area contributed by atoms with E-state index < -0.39 is 29.6 Å². The first-order valence-electron chi connectivity index (χ1n) is 11.9. The quantitative estimate of drug-likeness (QED) is 0.204. The summed E-state index contributed by atoms with van der Waals surface area (Å²) in [6.07, 6.45) is 1.80. The summed E-state index contributed by atoms with van der Waals surface area (Å²) in [6, 6.07) is 18.2. The molecule has 38 heavy (non-hydrogen) atoms. The Morgan fingerprint density at radius 3 is 2.39 bits per heavy atom. The SMILES string of the molecule is COc1cc([C@@H](c2c[nH]c3ccccc23)C2C(=O)OC(C)(C)OC2=O)ccc1OCc1ccc(Cl)c(Cl)c1. The molecule has 0 amide bonds. The second-order valence-corrected chi connectivity index (χ2v) is 10.2. The Kier molecular flexibility index (Phi) is 6.99. The molecular formula is C29H25Cl2NO6. The number of fused-ring (bicyclic) bond motifs is 1. The number of benzene rings is 3. The van der Waals surface area contributed by atoms with Crippen molar-refractivity contribution in [3.8, 4) is 11.5 Å². The maximum Gasteiger partial charge on any atom is 0.324 e. The molecule has 3 aromatic carbocycles. The van der Waals surface area contributed by atoms with Crippen LogP contribution >= 0.6 is 23.2 Å². The summed E-state index contributed by atoms with van der Waals surface area (Å²) in [6.45, 7) is 3.29. The Morgan fingerprint density at radius 1 is 0.947 bits per heavy atom. The molecule has 1 fully saturated rings. The third kappa shape index (κ3) is 5.04. The van der Waals surface area contributed by atoms with Crippen LogP contribution in [0.15, 0.2) is 66.9 Å². The average Bonchev–Trinajstić information content (AvgIpc) is 3.30. The number of H-pyrrole nitrogens is 1. The number of aromatic nitrogens is 1. The smallest absolute Gasteiger partial charge is 0.324 e. The van der Waals surface area contributed by atoms with Gasteiger partial charge in [0.05, 0.1) is 17.2 Å². The lowest BCUT2D eigenvalue weighted by Crippen LogP contribution is -2.48. The largest absolute Gasteiger partial charge is 0.493 e. The number of hydrogen-bond acceptors (Lipinski definition) is 6. The van der Waals surface area contributed by atoms with Gasteiger partial charge in [-0.1, -0.05) is 53.5 Å². The number of halogens is 2. The second kappa shape index (κ2) is 10.2. The van der Waals surface area contributed by atoms with Crippen molar-refractivity contribution in [1.82, 2.24) is 4.98 Å². The van der Waals surface area contributed by atoms with Crippen molar-refractivity contribution in [3.05, 3.63) is 93.6 Å². The fourth-order valence-corrected chi connectivity index (χ4v) is 5.01. The normalized spacial score (nSPS) is 16.1. The first-order chi connectivity index (χ1) is 18.2. The van der Waals surface area contributed by atoms with Gasteiger partial charge in [0.15, 0.2) is 17.4 Å². The van der Waals surface area contributed by atoms with E-state index in [1.165, 1.54) is 21.0 Å². The zero-order valence-electron chi connectivity index (χ0n) is 20.9. The monoisotopic (exact) mass is 553 g/mol. The van der Waals surface area contributed by atoms with Gasteiger partial charge in [-0.05, 0) is 47.0 Å². The summed E-state index contributed by atoms with van der Waals surface area (Å²) in [5.41, 5.74) is 3.12. The fourth-order valence-electron chi connectivity index (χ4n) is 4.69. The highest BCUT2D eigenvalue weighted by atomic mass is 35.5. The first kappa shape index (κ1) is 25.9. The Bertz CT molecular complexity index is 1510. The standard InChI is InChI=1S/C29H25Cl2NO6/c1-29(2)37-27(33)26(28(34)38-29)25(19-14-32-22-7-5-4-6-18(19)22)17-9-11-23(24(13-17)35-3)36-15-16-8-10-20(30)21(31)12-16/h4-14,25-26,32H,15H2,1-3H3/t25-/m0/s1. The van der Waals surface area contributed by atoms with Gasteiger partial charge in [0.1, 0.15) is 6.61 Å². The predicted octanol–water partition coefficient (Wildman–Crippen LogP) is 6.65. The summed E-state index contributed by atoms with van der Waals surface area (Å²) in [5, 5.41) is 1.77. The highest BCUT2D eigenvalue weighted by Crippen LogP contribution is 2.43. The molecule has 1 aliphatic rings. The molecule has 0 radical (unpaired) electrons. The van der Waals surface area contributed by atoms with E-state index >= 15 is 0 Å². The number of aromatic amines is 1. The number of carbonyl (C=O) groups is 2. The van der Waals surface area contributed by atoms with Gasteiger partial charge in [0.2, 0.25) is 0 Å². The van der Waals surface area contributed by atoms with E-state index in [0.717, 1.165) is 22.0 Å². The van der Waals surface area contributed by atoms with Crippen molar-refractivity contribution in [2.24, 2.45) is 5.92 Å². The van der Waals surface area contributed by atoms with Crippen molar-refractivity contribution in [2.45, 2.75) is 32.2 Å². The maximum atomic E-state index is 13.2. The van der Waals surface area contributed by atoms with E-state index in [1.807, 2.05) is 30.3 Å². The van der Waals surface area contributed by atoms with Crippen LogP contribution in [0.1, 0.15) is 36.5 Å². The van der Waals surface area contributed by atoms with Gasteiger partial charge < -0.3 is 23.9 Å². The van der Waals surface area contributed by atoms with Crippen LogP contribution in [0.5, 0.6) is 11.5 Å². The number of cyclic esters (lactones) is 2. The van der Waals surface area contributed by atoms with E-state index in [9.17, 15) is 9.59 Å². The minimum atomic E-state index is -1.34. The Labute approximate surface area is 229 Å². The number of ether oxygens (including phenoxy) is 4. The molecule has 0 aliphatic carbocycles. The van der Waals surface area contributed by atoms with Crippen LogP contribution < -0.4 is 9.47 Å². The number of carbonyl (C=O) groups excluding carboxylic acids is 2. The zero-order valence-corrected chi connectivity index (χ0v) is 22.4. The summed E-state index contributed by atoms with van der Waals surface area (Å²) in [4.78, 5) is 29.6. The van der Waals surface area contributed by atoms with Crippen LogP contribution in [0.2, 0.25) is 10.0 Å². The van der Waals surface area contributed by atoms with Crippen molar-refractivity contribution < 1.29 is 28.5 Å². The number of hydrogen-bond donors (Lipinski definition) is 1. The van der Waals surface area contributed by atoms with E-state index in [4.69, 9.17) is 42.1 Å². The van der Waals surface area contributed by atoms with Crippen molar-refractivity contribution in [2.75, 3.05) is 7.11 Å². The van der Waals surface area contributed by atoms with E-state index in [-0.39, 0.29) is 6.61 Å². The average molecular weight is 554 g/mol. The van der Waals surface area contributed by atoms with Crippen LogP contribution in [0.25, 0.3) is 10.9 Å². The fraction of sp³-hybridized carbons (Fsp3) is 0.241. The lowest BCUT2D eigenvalue weighted by Gasteiger charge is -2.36. The van der Waals surface area contributed by atoms with Crippen molar-refractivity contribution in [3.63, 3.8) is 0 Å². The summed E-state index contributed by atoms with van der Waals surface area (Å²) in [7, 11) is 1.53. The van der Waals surface area contributed by atoms with Crippen LogP contribution in [0.4, 0.5) is 0 Å². The van der Waals surface area contributed by atoms with Gasteiger partial charge in [-0.25, -0.2) is 0 Å². The molecule has 1 aromatic heterocycles. The van der Waals surface area contributed by atoms with Gasteiger partial charge in [0.25, 0.3) is 5.79 Å². The molecule has 7 nitrogen and oxygen atoms in total. The number of rotatable bonds is 7. The second-order valence-electron chi connectivity index (χ2n) is 9.43.